The molecule has 1 saturated heterocycles. The largest absolute Gasteiger partial charge is 0.444 e. The lowest BCUT2D eigenvalue weighted by molar-refractivity contribution is -0.117. The second kappa shape index (κ2) is 7.04. The van der Waals surface area contributed by atoms with E-state index in [1.807, 2.05) is 26.8 Å². The molecule has 0 bridgehead atoms. The standard InChI is InChI=1S/C18H29NO4/c1-12-5-6-14(16(21)7-12)8-13-9-15(20)11-19(10-13)17(22)23-18(2,3)4/h6,12-13,15,20H,5,7-11H2,1-4H3/t12-,13+,15-/m1/s1. The molecule has 0 unspecified atom stereocenters. The van der Waals surface area contributed by atoms with Gasteiger partial charge in [-0.1, -0.05) is 13.0 Å². The number of ketones is 1. The monoisotopic (exact) mass is 323 g/mol. The lowest BCUT2D eigenvalue weighted by Gasteiger charge is -2.37. The van der Waals surface area contributed by atoms with Crippen molar-refractivity contribution in [1.82, 2.24) is 4.90 Å². The Hall–Kier alpha value is -1.36. The van der Waals surface area contributed by atoms with Gasteiger partial charge in [0.2, 0.25) is 0 Å². The topological polar surface area (TPSA) is 66.8 Å². The fraction of sp³-hybridized carbons (Fsp3) is 0.778. The molecule has 23 heavy (non-hydrogen) atoms. The molecule has 0 spiro atoms. The minimum Gasteiger partial charge on any atom is -0.444 e. The maximum absolute atomic E-state index is 12.2. The van der Waals surface area contributed by atoms with E-state index in [9.17, 15) is 14.7 Å². The number of piperidine rings is 1. The highest BCUT2D eigenvalue weighted by atomic mass is 16.6. The molecule has 1 aliphatic heterocycles. The zero-order valence-corrected chi connectivity index (χ0v) is 14.7. The molecular formula is C18H29NO4. The predicted octanol–water partition coefficient (Wildman–Crippen LogP) is 2.92. The Kier molecular flexibility index (Phi) is 5.50. The summed E-state index contributed by atoms with van der Waals surface area (Å²) in [5.74, 6) is 0.740. The van der Waals surface area contributed by atoms with Gasteiger partial charge in [0.05, 0.1) is 6.10 Å². The number of Topliss-reactive ketones (excluding diaryl/α,β-unsaturated/α-hetero) is 1. The number of aliphatic hydroxyl groups excluding tert-OH is 1. The van der Waals surface area contributed by atoms with Crippen LogP contribution >= 0.6 is 0 Å². The van der Waals surface area contributed by atoms with Gasteiger partial charge in [-0.2, -0.15) is 0 Å². The fourth-order valence-corrected chi connectivity index (χ4v) is 3.29. The minimum atomic E-state index is -0.556. The molecule has 0 aromatic heterocycles. The quantitative estimate of drug-likeness (QED) is 0.848. The number of aliphatic hydroxyl groups is 1. The summed E-state index contributed by atoms with van der Waals surface area (Å²) < 4.78 is 5.39. The van der Waals surface area contributed by atoms with Crippen molar-refractivity contribution in [3.63, 3.8) is 0 Å². The number of carbonyl (C=O) groups is 2. The van der Waals surface area contributed by atoms with Crippen molar-refractivity contribution in [2.45, 2.75) is 65.1 Å². The van der Waals surface area contributed by atoms with E-state index in [1.165, 1.54) is 0 Å². The first kappa shape index (κ1) is 18.0. The summed E-state index contributed by atoms with van der Waals surface area (Å²) in [5.41, 5.74) is 0.318. The van der Waals surface area contributed by atoms with Crippen LogP contribution in [-0.2, 0) is 9.53 Å². The molecule has 0 aromatic carbocycles. The number of hydrogen-bond acceptors (Lipinski definition) is 4. The van der Waals surface area contributed by atoms with Gasteiger partial charge in [-0.15, -0.1) is 0 Å². The third-order valence-corrected chi connectivity index (χ3v) is 4.33. The summed E-state index contributed by atoms with van der Waals surface area (Å²) in [6.07, 6.45) is 3.90. The molecule has 1 amide bonds. The number of allylic oxidation sites excluding steroid dienone is 2. The second-order valence-corrected chi connectivity index (χ2v) is 8.04. The van der Waals surface area contributed by atoms with E-state index in [0.717, 1.165) is 12.0 Å². The van der Waals surface area contributed by atoms with Gasteiger partial charge < -0.3 is 14.7 Å². The van der Waals surface area contributed by atoms with E-state index >= 15 is 0 Å². The molecule has 3 atom stereocenters. The van der Waals surface area contributed by atoms with Gasteiger partial charge in [-0.3, -0.25) is 4.79 Å². The molecule has 1 N–H and O–H groups in total. The molecular weight excluding hydrogens is 294 g/mol. The SMILES string of the molecule is C[C@@H]1CC=C(C[C@H]2C[C@@H](O)CN(C(=O)OC(C)(C)C)C2)C(=O)C1. The average Bonchev–Trinajstić information content (AvgIpc) is 2.39. The van der Waals surface area contributed by atoms with Crippen molar-refractivity contribution in [3.05, 3.63) is 11.6 Å². The molecule has 0 saturated carbocycles. The number of likely N-dealkylation sites (tertiary alicyclic amines) is 1. The molecule has 5 nitrogen and oxygen atoms in total. The van der Waals surface area contributed by atoms with Crippen LogP contribution in [-0.4, -0.2) is 46.7 Å². The summed E-state index contributed by atoms with van der Waals surface area (Å²) in [6, 6.07) is 0. The first-order chi connectivity index (χ1) is 10.6. The van der Waals surface area contributed by atoms with Crippen LogP contribution in [0.1, 0.15) is 53.4 Å². The van der Waals surface area contributed by atoms with Gasteiger partial charge in [0.15, 0.2) is 5.78 Å². The van der Waals surface area contributed by atoms with Crippen molar-refractivity contribution in [2.75, 3.05) is 13.1 Å². The highest BCUT2D eigenvalue weighted by molar-refractivity contribution is 5.96. The Bertz CT molecular complexity index is 492. The van der Waals surface area contributed by atoms with Crippen molar-refractivity contribution in [3.8, 4) is 0 Å². The van der Waals surface area contributed by atoms with E-state index in [4.69, 9.17) is 4.74 Å². The highest BCUT2D eigenvalue weighted by Crippen LogP contribution is 2.29. The molecule has 0 radical (unpaired) electrons. The van der Waals surface area contributed by atoms with E-state index < -0.39 is 11.7 Å². The van der Waals surface area contributed by atoms with Crippen LogP contribution in [0, 0.1) is 11.8 Å². The Balaban J connectivity index is 1.98. The molecule has 1 heterocycles. The maximum Gasteiger partial charge on any atom is 0.410 e. The van der Waals surface area contributed by atoms with Crippen LogP contribution in [0.15, 0.2) is 11.6 Å². The summed E-state index contributed by atoms with van der Waals surface area (Å²) >= 11 is 0. The Morgan fingerprint density at radius 1 is 1.39 bits per heavy atom. The smallest absolute Gasteiger partial charge is 0.410 e. The second-order valence-electron chi connectivity index (χ2n) is 8.04. The fourth-order valence-electron chi connectivity index (χ4n) is 3.29. The third kappa shape index (κ3) is 5.34. The summed E-state index contributed by atoms with van der Waals surface area (Å²) in [6.45, 7) is 8.40. The number of rotatable bonds is 2. The van der Waals surface area contributed by atoms with Gasteiger partial charge >= 0.3 is 6.09 Å². The van der Waals surface area contributed by atoms with E-state index in [1.54, 1.807) is 4.90 Å². The van der Waals surface area contributed by atoms with Crippen LogP contribution in [0.5, 0.6) is 0 Å². The van der Waals surface area contributed by atoms with E-state index in [-0.39, 0.29) is 17.8 Å². The van der Waals surface area contributed by atoms with Crippen LogP contribution in [0.25, 0.3) is 0 Å². The normalized spacial score (nSPS) is 29.3. The average molecular weight is 323 g/mol. The number of ether oxygens (including phenoxy) is 1. The number of amides is 1. The van der Waals surface area contributed by atoms with Gasteiger partial charge in [0.1, 0.15) is 5.60 Å². The first-order valence-electron chi connectivity index (χ1n) is 8.52. The number of nitrogens with zero attached hydrogens (tertiary/aromatic N) is 1. The summed E-state index contributed by atoms with van der Waals surface area (Å²) in [7, 11) is 0. The first-order valence-corrected chi connectivity index (χ1v) is 8.52. The Labute approximate surface area is 138 Å². The molecule has 0 aromatic rings. The predicted molar refractivity (Wildman–Crippen MR) is 88.0 cm³/mol. The molecule has 1 fully saturated rings. The zero-order chi connectivity index (χ0) is 17.2. The van der Waals surface area contributed by atoms with Gasteiger partial charge in [0.25, 0.3) is 0 Å². The molecule has 1 aliphatic carbocycles. The van der Waals surface area contributed by atoms with Crippen LogP contribution < -0.4 is 0 Å². The van der Waals surface area contributed by atoms with Crippen LogP contribution in [0.4, 0.5) is 4.79 Å². The lowest BCUT2D eigenvalue weighted by Crippen LogP contribution is -2.48. The van der Waals surface area contributed by atoms with E-state index in [0.29, 0.717) is 38.3 Å². The summed E-state index contributed by atoms with van der Waals surface area (Å²) in [5, 5.41) is 10.1. The highest BCUT2D eigenvalue weighted by Gasteiger charge is 2.33. The van der Waals surface area contributed by atoms with E-state index in [2.05, 4.69) is 6.92 Å². The van der Waals surface area contributed by atoms with Gasteiger partial charge in [-0.05, 0) is 57.4 Å². The molecule has 130 valence electrons. The number of carbonyl (C=O) groups excluding carboxylic acids is 2. The van der Waals surface area contributed by atoms with Crippen molar-refractivity contribution >= 4 is 11.9 Å². The Morgan fingerprint density at radius 3 is 2.70 bits per heavy atom. The number of β-amino-alcohol motifs (C(OH)–C–C–N with tert-alkyl or cyclic N) is 1. The van der Waals surface area contributed by atoms with Crippen molar-refractivity contribution in [1.29, 1.82) is 0 Å². The van der Waals surface area contributed by atoms with Crippen molar-refractivity contribution in [2.24, 2.45) is 11.8 Å². The zero-order valence-electron chi connectivity index (χ0n) is 14.7. The lowest BCUT2D eigenvalue weighted by atomic mass is 9.83. The molecule has 2 rings (SSSR count). The Morgan fingerprint density at radius 2 is 2.09 bits per heavy atom. The van der Waals surface area contributed by atoms with Gasteiger partial charge in [0, 0.05) is 19.5 Å². The van der Waals surface area contributed by atoms with Crippen LogP contribution in [0.3, 0.4) is 0 Å². The molecule has 5 heteroatoms. The third-order valence-electron chi connectivity index (χ3n) is 4.33. The van der Waals surface area contributed by atoms with Crippen molar-refractivity contribution < 1.29 is 19.4 Å². The van der Waals surface area contributed by atoms with Gasteiger partial charge in [-0.25, -0.2) is 4.79 Å². The summed E-state index contributed by atoms with van der Waals surface area (Å²) in [4.78, 5) is 25.9. The molecule has 2 aliphatic rings. The van der Waals surface area contributed by atoms with Crippen LogP contribution in [0.2, 0.25) is 0 Å². The number of hydrogen-bond donors (Lipinski definition) is 1. The maximum atomic E-state index is 12.2. The minimum absolute atomic E-state index is 0.106.